The summed E-state index contributed by atoms with van der Waals surface area (Å²) in [7, 11) is 0. The normalized spacial score (nSPS) is 14.5. The van der Waals surface area contributed by atoms with E-state index in [4.69, 9.17) is 19.3 Å². The summed E-state index contributed by atoms with van der Waals surface area (Å²) < 4.78 is 15.7. The standard InChI is InChI=1S/C16H24O6/c1-11-7-5-6-8-13(11)15(18)20-10-12(2)21-14(9-17)22-16(3,4)19/h5-8,12,14,17,19H,9-10H2,1-4H3. The SMILES string of the molecule is Cc1ccccc1C(=O)OCC(C)OC(CO)OC(C)(C)O. The van der Waals surface area contributed by atoms with Crippen molar-refractivity contribution in [3.63, 3.8) is 0 Å². The summed E-state index contributed by atoms with van der Waals surface area (Å²) in [5.74, 6) is -1.86. The summed E-state index contributed by atoms with van der Waals surface area (Å²) in [6.45, 7) is 5.97. The Morgan fingerprint density at radius 2 is 1.95 bits per heavy atom. The first-order chi connectivity index (χ1) is 10.2. The van der Waals surface area contributed by atoms with Crippen molar-refractivity contribution in [1.82, 2.24) is 0 Å². The molecule has 1 aromatic rings. The molecule has 0 saturated heterocycles. The molecule has 124 valence electrons. The van der Waals surface area contributed by atoms with Gasteiger partial charge in [0, 0.05) is 0 Å². The maximum Gasteiger partial charge on any atom is 0.338 e. The van der Waals surface area contributed by atoms with E-state index in [1.807, 2.05) is 19.1 Å². The highest BCUT2D eigenvalue weighted by Crippen LogP contribution is 2.12. The van der Waals surface area contributed by atoms with Gasteiger partial charge >= 0.3 is 5.97 Å². The minimum Gasteiger partial charge on any atom is -0.459 e. The van der Waals surface area contributed by atoms with Crippen molar-refractivity contribution in [2.75, 3.05) is 13.2 Å². The highest BCUT2D eigenvalue weighted by Gasteiger charge is 2.23. The van der Waals surface area contributed by atoms with Crippen molar-refractivity contribution in [2.24, 2.45) is 0 Å². The van der Waals surface area contributed by atoms with Crippen molar-refractivity contribution in [3.8, 4) is 0 Å². The van der Waals surface area contributed by atoms with Gasteiger partial charge in [0.15, 0.2) is 12.1 Å². The predicted octanol–water partition coefficient (Wildman–Crippen LogP) is 1.62. The molecule has 1 rings (SSSR count). The molecule has 2 atom stereocenters. The van der Waals surface area contributed by atoms with E-state index >= 15 is 0 Å². The molecule has 2 unspecified atom stereocenters. The van der Waals surface area contributed by atoms with Crippen LogP contribution in [0.25, 0.3) is 0 Å². The zero-order chi connectivity index (χ0) is 16.8. The maximum atomic E-state index is 12.0. The van der Waals surface area contributed by atoms with Crippen LogP contribution in [0.1, 0.15) is 36.7 Å². The number of esters is 1. The van der Waals surface area contributed by atoms with E-state index in [-0.39, 0.29) is 6.61 Å². The summed E-state index contributed by atoms with van der Waals surface area (Å²) in [6, 6.07) is 7.13. The van der Waals surface area contributed by atoms with Gasteiger partial charge in [0.25, 0.3) is 0 Å². The molecule has 0 radical (unpaired) electrons. The van der Waals surface area contributed by atoms with Gasteiger partial charge < -0.3 is 24.4 Å². The lowest BCUT2D eigenvalue weighted by molar-refractivity contribution is -0.293. The van der Waals surface area contributed by atoms with Crippen LogP contribution in [-0.4, -0.2) is 47.6 Å². The van der Waals surface area contributed by atoms with E-state index in [1.165, 1.54) is 13.8 Å². The van der Waals surface area contributed by atoms with Crippen LogP contribution in [0.2, 0.25) is 0 Å². The van der Waals surface area contributed by atoms with E-state index in [9.17, 15) is 9.90 Å². The number of carbonyl (C=O) groups is 1. The number of aryl methyl sites for hydroxylation is 1. The first kappa shape index (κ1) is 18.6. The second-order valence-electron chi connectivity index (χ2n) is 5.54. The van der Waals surface area contributed by atoms with Crippen LogP contribution in [0.3, 0.4) is 0 Å². The van der Waals surface area contributed by atoms with Crippen LogP contribution in [0, 0.1) is 6.92 Å². The second-order valence-corrected chi connectivity index (χ2v) is 5.54. The molecular formula is C16H24O6. The summed E-state index contributed by atoms with van der Waals surface area (Å²) in [6.07, 6.45) is -1.49. The van der Waals surface area contributed by atoms with Gasteiger partial charge in [0.1, 0.15) is 6.61 Å². The van der Waals surface area contributed by atoms with Gasteiger partial charge in [-0.2, -0.15) is 0 Å². The van der Waals surface area contributed by atoms with Crippen molar-refractivity contribution < 1.29 is 29.2 Å². The third-order valence-corrected chi connectivity index (χ3v) is 2.77. The van der Waals surface area contributed by atoms with Gasteiger partial charge in [0.05, 0.1) is 18.3 Å². The quantitative estimate of drug-likeness (QED) is 0.560. The molecule has 0 aliphatic rings. The fourth-order valence-electron chi connectivity index (χ4n) is 1.80. The van der Waals surface area contributed by atoms with Gasteiger partial charge in [-0.15, -0.1) is 0 Å². The summed E-state index contributed by atoms with van der Waals surface area (Å²) in [5, 5.41) is 18.7. The minimum atomic E-state index is -1.43. The first-order valence-corrected chi connectivity index (χ1v) is 7.12. The lowest BCUT2D eigenvalue weighted by atomic mass is 10.1. The molecule has 0 fully saturated rings. The molecule has 6 nitrogen and oxygen atoms in total. The number of aliphatic hydroxyl groups is 2. The smallest absolute Gasteiger partial charge is 0.338 e. The van der Waals surface area contributed by atoms with E-state index in [0.717, 1.165) is 5.56 Å². The second kappa shape index (κ2) is 8.24. The van der Waals surface area contributed by atoms with Gasteiger partial charge in [-0.3, -0.25) is 0 Å². The van der Waals surface area contributed by atoms with Crippen molar-refractivity contribution >= 4 is 5.97 Å². The fourth-order valence-corrected chi connectivity index (χ4v) is 1.80. The predicted molar refractivity (Wildman–Crippen MR) is 80.3 cm³/mol. The molecule has 0 amide bonds. The molecule has 0 heterocycles. The Kier molecular flexibility index (Phi) is 6.96. The van der Waals surface area contributed by atoms with E-state index in [0.29, 0.717) is 5.56 Å². The number of ether oxygens (including phenoxy) is 3. The lowest BCUT2D eigenvalue weighted by Crippen LogP contribution is -2.37. The number of hydrogen-bond acceptors (Lipinski definition) is 6. The van der Waals surface area contributed by atoms with Crippen LogP contribution in [0.4, 0.5) is 0 Å². The number of carbonyl (C=O) groups excluding carboxylic acids is 1. The first-order valence-electron chi connectivity index (χ1n) is 7.12. The van der Waals surface area contributed by atoms with Crippen LogP contribution >= 0.6 is 0 Å². The number of hydrogen-bond donors (Lipinski definition) is 2. The monoisotopic (exact) mass is 312 g/mol. The Hall–Kier alpha value is -1.47. The zero-order valence-electron chi connectivity index (χ0n) is 13.4. The molecule has 0 saturated carbocycles. The summed E-state index contributed by atoms with van der Waals surface area (Å²) in [4.78, 5) is 12.0. The van der Waals surface area contributed by atoms with Crippen LogP contribution in [0.15, 0.2) is 24.3 Å². The number of rotatable bonds is 8. The van der Waals surface area contributed by atoms with Gasteiger partial charge in [0.2, 0.25) is 0 Å². The van der Waals surface area contributed by atoms with E-state index in [1.54, 1.807) is 19.1 Å². The van der Waals surface area contributed by atoms with Crippen LogP contribution in [-0.2, 0) is 14.2 Å². The molecule has 0 aliphatic heterocycles. The van der Waals surface area contributed by atoms with Gasteiger partial charge in [-0.25, -0.2) is 4.79 Å². The molecule has 22 heavy (non-hydrogen) atoms. The zero-order valence-corrected chi connectivity index (χ0v) is 13.4. The molecule has 0 bridgehead atoms. The van der Waals surface area contributed by atoms with Gasteiger partial charge in [-0.1, -0.05) is 18.2 Å². The molecule has 0 aliphatic carbocycles. The third kappa shape index (κ3) is 6.53. The maximum absolute atomic E-state index is 12.0. The summed E-state index contributed by atoms with van der Waals surface area (Å²) >= 11 is 0. The molecule has 6 heteroatoms. The molecule has 0 aromatic heterocycles. The lowest BCUT2D eigenvalue weighted by Gasteiger charge is -2.27. The molecule has 1 aromatic carbocycles. The van der Waals surface area contributed by atoms with Gasteiger partial charge in [-0.05, 0) is 39.3 Å². The van der Waals surface area contributed by atoms with Crippen LogP contribution in [0.5, 0.6) is 0 Å². The Labute approximate surface area is 130 Å². The van der Waals surface area contributed by atoms with Crippen molar-refractivity contribution in [2.45, 2.75) is 45.9 Å². The van der Waals surface area contributed by atoms with E-state index in [2.05, 4.69) is 0 Å². The minimum absolute atomic E-state index is 0.0128. The number of benzene rings is 1. The average molecular weight is 312 g/mol. The van der Waals surface area contributed by atoms with E-state index < -0.39 is 30.8 Å². The van der Waals surface area contributed by atoms with Crippen molar-refractivity contribution in [3.05, 3.63) is 35.4 Å². The largest absolute Gasteiger partial charge is 0.459 e. The Bertz CT molecular complexity index is 480. The molecule has 2 N–H and O–H groups in total. The Balaban J connectivity index is 2.47. The average Bonchev–Trinajstić information content (AvgIpc) is 2.43. The molecular weight excluding hydrogens is 288 g/mol. The van der Waals surface area contributed by atoms with Crippen LogP contribution < -0.4 is 0 Å². The number of aliphatic hydroxyl groups excluding tert-OH is 1. The fraction of sp³-hybridized carbons (Fsp3) is 0.562. The Morgan fingerprint density at radius 3 is 2.50 bits per heavy atom. The highest BCUT2D eigenvalue weighted by atomic mass is 16.7. The third-order valence-electron chi connectivity index (χ3n) is 2.77. The topological polar surface area (TPSA) is 85.2 Å². The highest BCUT2D eigenvalue weighted by molar-refractivity contribution is 5.90. The van der Waals surface area contributed by atoms with Crippen molar-refractivity contribution in [1.29, 1.82) is 0 Å². The summed E-state index contributed by atoms with van der Waals surface area (Å²) in [5.41, 5.74) is 1.33. The molecule has 0 spiro atoms. The Morgan fingerprint density at radius 1 is 1.32 bits per heavy atom.